The van der Waals surface area contributed by atoms with Crippen molar-refractivity contribution >= 4 is 15.8 Å². The number of hydrogen-bond donors (Lipinski definition) is 0. The lowest BCUT2D eigenvalue weighted by molar-refractivity contribution is 0.0961. The minimum Gasteiger partial charge on any atom is -0.493 e. The Balaban J connectivity index is 2.39. The zero-order valence-electron chi connectivity index (χ0n) is 14.9. The zero-order chi connectivity index (χ0) is 20.7. The van der Waals surface area contributed by atoms with Gasteiger partial charge in [-0.1, -0.05) is 23.4 Å². The Morgan fingerprint density at radius 2 is 1.54 bits per heavy atom. The SMILES string of the molecule is COc1ccc(C(N=O)C(=O)c2ccc(S(C#N)(C#N)C#N)cc2)cc1OC. The van der Waals surface area contributed by atoms with Crippen LogP contribution in [0.4, 0.5) is 0 Å². The van der Waals surface area contributed by atoms with Gasteiger partial charge in [0.15, 0.2) is 23.3 Å². The largest absolute Gasteiger partial charge is 0.493 e. The van der Waals surface area contributed by atoms with E-state index in [0.717, 1.165) is 0 Å². The van der Waals surface area contributed by atoms with Gasteiger partial charge in [-0.3, -0.25) is 4.79 Å². The summed E-state index contributed by atoms with van der Waals surface area (Å²) in [6.07, 6.45) is 0. The highest BCUT2D eigenvalue weighted by Crippen LogP contribution is 2.52. The number of nitrogens with zero attached hydrogens (tertiary/aromatic N) is 4. The van der Waals surface area contributed by atoms with Crippen molar-refractivity contribution in [3.63, 3.8) is 0 Å². The van der Waals surface area contributed by atoms with Gasteiger partial charge in [0.25, 0.3) is 0 Å². The van der Waals surface area contributed by atoms with Gasteiger partial charge in [-0.15, -0.1) is 4.91 Å². The molecule has 2 aromatic rings. The molecular weight excluding hydrogens is 380 g/mol. The van der Waals surface area contributed by atoms with E-state index in [2.05, 4.69) is 5.18 Å². The van der Waals surface area contributed by atoms with Crippen LogP contribution in [-0.2, 0) is 0 Å². The van der Waals surface area contributed by atoms with Crippen LogP contribution in [0.2, 0.25) is 0 Å². The summed E-state index contributed by atoms with van der Waals surface area (Å²) < 4.78 is 10.3. The lowest BCUT2D eigenvalue weighted by atomic mass is 9.98. The third-order valence-electron chi connectivity index (χ3n) is 3.98. The first kappa shape index (κ1) is 20.4. The second-order valence-electron chi connectivity index (χ2n) is 5.40. The number of methoxy groups -OCH3 is 2. The molecule has 28 heavy (non-hydrogen) atoms. The summed E-state index contributed by atoms with van der Waals surface area (Å²) in [4.78, 5) is 24.3. The van der Waals surface area contributed by atoms with E-state index in [1.54, 1.807) is 22.3 Å². The average Bonchev–Trinajstić information content (AvgIpc) is 2.76. The van der Waals surface area contributed by atoms with Crippen molar-refractivity contribution in [2.75, 3.05) is 14.2 Å². The first-order valence-electron chi connectivity index (χ1n) is 7.74. The van der Waals surface area contributed by atoms with Crippen molar-refractivity contribution in [1.82, 2.24) is 0 Å². The van der Waals surface area contributed by atoms with Gasteiger partial charge in [0.05, 0.1) is 24.2 Å². The number of rotatable bonds is 7. The molecule has 0 aliphatic rings. The molecular formula is C19H14N4O4S. The fraction of sp³-hybridized carbons (Fsp3) is 0.158. The predicted molar refractivity (Wildman–Crippen MR) is 102 cm³/mol. The van der Waals surface area contributed by atoms with Gasteiger partial charge in [0.1, 0.15) is 16.2 Å². The molecule has 140 valence electrons. The second-order valence-corrected chi connectivity index (χ2v) is 7.64. The van der Waals surface area contributed by atoms with E-state index in [9.17, 15) is 25.5 Å². The van der Waals surface area contributed by atoms with Crippen LogP contribution < -0.4 is 9.47 Å². The Labute approximate surface area is 162 Å². The topological polar surface area (TPSA) is 136 Å². The smallest absolute Gasteiger partial charge is 0.195 e. The maximum Gasteiger partial charge on any atom is 0.195 e. The van der Waals surface area contributed by atoms with Crippen LogP contribution >= 0.6 is 10.0 Å². The number of thiocyanates is 3. The number of carbonyl (C=O) groups is 1. The lowest BCUT2D eigenvalue weighted by Crippen LogP contribution is -2.11. The van der Waals surface area contributed by atoms with Crippen molar-refractivity contribution in [3.8, 4) is 27.7 Å². The van der Waals surface area contributed by atoms with Gasteiger partial charge >= 0.3 is 0 Å². The van der Waals surface area contributed by atoms with Crippen molar-refractivity contribution in [1.29, 1.82) is 15.8 Å². The number of benzene rings is 2. The van der Waals surface area contributed by atoms with Gasteiger partial charge < -0.3 is 9.47 Å². The molecule has 0 saturated heterocycles. The number of ether oxygens (including phenoxy) is 2. The summed E-state index contributed by atoms with van der Waals surface area (Å²) in [5, 5.41) is 35.7. The molecule has 1 unspecified atom stereocenters. The number of ketones is 1. The Morgan fingerprint density at radius 3 is 2.00 bits per heavy atom. The van der Waals surface area contributed by atoms with Gasteiger partial charge in [-0.05, 0) is 29.8 Å². The molecule has 0 saturated carbocycles. The molecule has 0 fully saturated rings. The molecule has 8 nitrogen and oxygen atoms in total. The molecule has 0 heterocycles. The molecule has 0 aliphatic carbocycles. The highest BCUT2D eigenvalue weighted by atomic mass is 32.3. The fourth-order valence-electron chi connectivity index (χ4n) is 2.48. The van der Waals surface area contributed by atoms with Gasteiger partial charge in [-0.2, -0.15) is 15.8 Å². The van der Waals surface area contributed by atoms with Crippen LogP contribution in [0.15, 0.2) is 52.5 Å². The highest BCUT2D eigenvalue weighted by molar-refractivity contribution is 8.44. The van der Waals surface area contributed by atoms with E-state index in [-0.39, 0.29) is 10.5 Å². The maximum absolute atomic E-state index is 12.7. The quantitative estimate of drug-likeness (QED) is 0.393. The number of Topliss-reactive ketones (excluding diaryl/α,β-unsaturated/α-hetero) is 1. The molecule has 9 heteroatoms. The van der Waals surface area contributed by atoms with Crippen molar-refractivity contribution in [3.05, 3.63) is 58.5 Å². The summed E-state index contributed by atoms with van der Waals surface area (Å²) in [7, 11) is -0.0423. The van der Waals surface area contributed by atoms with E-state index in [1.807, 2.05) is 0 Å². The standard InChI is InChI=1S/C19H14N4O4S/c1-26-16-8-5-14(9-17(16)27-2)18(23-25)19(24)13-3-6-15(7-4-13)28(10-20,11-21)12-22/h3-9,18H,1-2H3. The summed E-state index contributed by atoms with van der Waals surface area (Å²) in [6, 6.07) is 8.75. The van der Waals surface area contributed by atoms with Crippen molar-refractivity contribution < 1.29 is 14.3 Å². The fourth-order valence-corrected chi connectivity index (χ4v) is 3.47. The maximum atomic E-state index is 12.7. The molecule has 1 atom stereocenters. The van der Waals surface area contributed by atoms with Crippen molar-refractivity contribution in [2.45, 2.75) is 10.9 Å². The zero-order valence-corrected chi connectivity index (χ0v) is 15.8. The third kappa shape index (κ3) is 3.64. The monoisotopic (exact) mass is 394 g/mol. The van der Waals surface area contributed by atoms with E-state index < -0.39 is 21.9 Å². The van der Waals surface area contributed by atoms with Crippen LogP contribution in [-0.4, -0.2) is 20.0 Å². The van der Waals surface area contributed by atoms with Crippen LogP contribution in [0, 0.1) is 36.9 Å². The second kappa shape index (κ2) is 8.68. The highest BCUT2D eigenvalue weighted by Gasteiger charge is 2.28. The molecule has 0 bridgehead atoms. The minimum absolute atomic E-state index is 0.158. The molecule has 0 aliphatic heterocycles. The summed E-state index contributed by atoms with van der Waals surface area (Å²) >= 11 is 0. The summed E-state index contributed by atoms with van der Waals surface area (Å²) in [6.45, 7) is 0. The van der Waals surface area contributed by atoms with Gasteiger partial charge in [-0.25, -0.2) is 0 Å². The molecule has 2 rings (SSSR count). The third-order valence-corrected chi connectivity index (χ3v) is 5.78. The van der Waals surface area contributed by atoms with Gasteiger partial charge in [0.2, 0.25) is 0 Å². The first-order valence-corrected chi connectivity index (χ1v) is 9.38. The average molecular weight is 394 g/mol. The number of hydrogen-bond acceptors (Lipinski definition) is 8. The Bertz CT molecular complexity index is 996. The number of nitroso groups, excluding NO2 is 1. The Morgan fingerprint density at radius 1 is 0.964 bits per heavy atom. The first-order chi connectivity index (χ1) is 13.5. The van der Waals surface area contributed by atoms with Crippen LogP contribution in [0.3, 0.4) is 0 Å². The molecule has 0 spiro atoms. The summed E-state index contributed by atoms with van der Waals surface area (Å²) in [5.74, 6) is 0.221. The van der Waals surface area contributed by atoms with Crippen LogP contribution in [0.25, 0.3) is 0 Å². The number of nitriles is 3. The predicted octanol–water partition coefficient (Wildman–Crippen LogP) is 4.00. The molecule has 0 aromatic heterocycles. The summed E-state index contributed by atoms with van der Waals surface area (Å²) in [5.41, 5.74) is 0.484. The van der Waals surface area contributed by atoms with E-state index in [0.29, 0.717) is 17.1 Å². The van der Waals surface area contributed by atoms with E-state index in [4.69, 9.17) is 9.47 Å². The van der Waals surface area contributed by atoms with Crippen LogP contribution in [0.5, 0.6) is 11.5 Å². The normalized spacial score (nSPS) is 11.8. The van der Waals surface area contributed by atoms with E-state index in [1.165, 1.54) is 50.6 Å². The molecule has 0 amide bonds. The van der Waals surface area contributed by atoms with Crippen LogP contribution in [0.1, 0.15) is 22.0 Å². The van der Waals surface area contributed by atoms with E-state index >= 15 is 0 Å². The van der Waals surface area contributed by atoms with Gasteiger partial charge in [0, 0.05) is 10.5 Å². The number of carbonyl (C=O) groups excluding carboxylic acids is 1. The molecule has 0 N–H and O–H groups in total. The minimum atomic E-state index is -2.94. The molecule has 0 radical (unpaired) electrons. The lowest BCUT2D eigenvalue weighted by Gasteiger charge is -2.15. The molecule has 2 aromatic carbocycles. The Kier molecular flexibility index (Phi) is 6.34. The van der Waals surface area contributed by atoms with Crippen molar-refractivity contribution in [2.24, 2.45) is 5.18 Å². The Hall–Kier alpha value is -3.87.